The maximum absolute atomic E-state index is 12.0. The molecular formula is C16H20N4O5. The Morgan fingerprint density at radius 2 is 1.76 bits per heavy atom. The molecule has 0 unspecified atom stereocenters. The largest absolute Gasteiger partial charge is 0.467 e. The number of benzene rings is 1. The minimum atomic E-state index is -0.251. The Balaban J connectivity index is 1.66. The fourth-order valence-corrected chi connectivity index (χ4v) is 2.41. The van der Waals surface area contributed by atoms with Crippen molar-refractivity contribution in [2.75, 3.05) is 38.1 Å². The second-order valence-electron chi connectivity index (χ2n) is 5.42. The maximum Gasteiger partial charge on any atom is 0.276 e. The van der Waals surface area contributed by atoms with Crippen LogP contribution in [0.3, 0.4) is 0 Å². The maximum atomic E-state index is 12.0. The van der Waals surface area contributed by atoms with Crippen molar-refractivity contribution in [2.45, 2.75) is 6.92 Å². The van der Waals surface area contributed by atoms with Crippen LogP contribution >= 0.6 is 0 Å². The minimum Gasteiger partial charge on any atom is -0.467 e. The lowest BCUT2D eigenvalue weighted by atomic mass is 10.1. The predicted octanol–water partition coefficient (Wildman–Crippen LogP) is 1.12. The molecule has 0 atom stereocenters. The summed E-state index contributed by atoms with van der Waals surface area (Å²) in [4.78, 5) is 12.0. The standard InChI is InChI=1S/C16H20N4O5/c1-9-4-11-12(5-13(9)25-8-24-7-23-6-22-3)20-15-14(19-11)16(21)18-10(2)17-15/h4-5,17,19-20H,2,6-8H2,1,3H3,(H,18,21). The van der Waals surface area contributed by atoms with Gasteiger partial charge in [-0.1, -0.05) is 6.58 Å². The highest BCUT2D eigenvalue weighted by Crippen LogP contribution is 2.36. The third kappa shape index (κ3) is 3.85. The van der Waals surface area contributed by atoms with Gasteiger partial charge >= 0.3 is 0 Å². The quantitative estimate of drug-likeness (QED) is 0.430. The van der Waals surface area contributed by atoms with E-state index >= 15 is 0 Å². The number of ether oxygens (including phenoxy) is 4. The van der Waals surface area contributed by atoms with Crippen LogP contribution in [0.5, 0.6) is 5.75 Å². The summed E-state index contributed by atoms with van der Waals surface area (Å²) in [6.45, 7) is 5.90. The molecule has 0 spiro atoms. The number of hydrogen-bond acceptors (Lipinski definition) is 8. The van der Waals surface area contributed by atoms with Gasteiger partial charge in [0.2, 0.25) is 0 Å². The Morgan fingerprint density at radius 1 is 1.00 bits per heavy atom. The van der Waals surface area contributed by atoms with Gasteiger partial charge in [0, 0.05) is 13.2 Å². The van der Waals surface area contributed by atoms with Crippen LogP contribution in [0.25, 0.3) is 0 Å². The van der Waals surface area contributed by atoms with E-state index in [1.807, 2.05) is 19.1 Å². The number of hydrogen-bond donors (Lipinski definition) is 4. The smallest absolute Gasteiger partial charge is 0.276 e. The van der Waals surface area contributed by atoms with E-state index in [-0.39, 0.29) is 26.3 Å². The van der Waals surface area contributed by atoms with Gasteiger partial charge in [-0.05, 0) is 18.6 Å². The molecule has 9 heteroatoms. The molecule has 0 saturated carbocycles. The van der Waals surface area contributed by atoms with Crippen molar-refractivity contribution in [3.05, 3.63) is 41.6 Å². The SMILES string of the molecule is C=C1NC(=O)C2=C(N1)Nc1cc(OCOCOCOC)c(C)cc1N2. The zero-order valence-corrected chi connectivity index (χ0v) is 14.0. The summed E-state index contributed by atoms with van der Waals surface area (Å²) in [6.07, 6.45) is 0. The van der Waals surface area contributed by atoms with Gasteiger partial charge in [0.05, 0.1) is 11.4 Å². The number of carbonyl (C=O) groups excluding carboxylic acids is 1. The summed E-state index contributed by atoms with van der Waals surface area (Å²) in [7, 11) is 1.54. The monoisotopic (exact) mass is 348 g/mol. The lowest BCUT2D eigenvalue weighted by Crippen LogP contribution is -2.44. The predicted molar refractivity (Wildman–Crippen MR) is 90.3 cm³/mol. The van der Waals surface area contributed by atoms with Crippen molar-refractivity contribution in [1.82, 2.24) is 10.6 Å². The molecule has 1 aromatic rings. The number of amides is 1. The van der Waals surface area contributed by atoms with Crippen LogP contribution in [0.4, 0.5) is 11.4 Å². The van der Waals surface area contributed by atoms with Gasteiger partial charge in [-0.2, -0.15) is 0 Å². The Hall–Kier alpha value is -2.75. The van der Waals surface area contributed by atoms with Gasteiger partial charge in [0.15, 0.2) is 13.6 Å². The second-order valence-corrected chi connectivity index (χ2v) is 5.42. The summed E-state index contributed by atoms with van der Waals surface area (Å²) in [5.74, 6) is 1.36. The molecule has 1 aromatic carbocycles. The van der Waals surface area contributed by atoms with Crippen molar-refractivity contribution < 1.29 is 23.7 Å². The first-order valence-electron chi connectivity index (χ1n) is 7.56. The van der Waals surface area contributed by atoms with E-state index in [2.05, 4.69) is 27.8 Å². The zero-order chi connectivity index (χ0) is 17.8. The molecule has 4 N–H and O–H groups in total. The number of rotatable bonds is 7. The van der Waals surface area contributed by atoms with E-state index in [1.54, 1.807) is 0 Å². The van der Waals surface area contributed by atoms with Crippen LogP contribution in [-0.2, 0) is 19.0 Å². The van der Waals surface area contributed by atoms with E-state index in [4.69, 9.17) is 18.9 Å². The molecule has 0 aliphatic carbocycles. The normalized spacial score (nSPS) is 15.4. The Bertz CT molecular complexity index is 731. The van der Waals surface area contributed by atoms with E-state index in [9.17, 15) is 4.79 Å². The molecule has 134 valence electrons. The molecule has 0 radical (unpaired) electrons. The highest BCUT2D eigenvalue weighted by molar-refractivity contribution is 6.02. The Labute approximate surface area is 145 Å². The molecule has 2 heterocycles. The lowest BCUT2D eigenvalue weighted by molar-refractivity contribution is -0.145. The lowest BCUT2D eigenvalue weighted by Gasteiger charge is -2.30. The van der Waals surface area contributed by atoms with Crippen LogP contribution in [0.2, 0.25) is 0 Å². The number of nitrogens with one attached hydrogen (secondary N) is 4. The van der Waals surface area contributed by atoms with Crippen molar-refractivity contribution >= 4 is 17.3 Å². The molecule has 2 aliphatic heterocycles. The highest BCUT2D eigenvalue weighted by Gasteiger charge is 2.27. The molecule has 3 rings (SSSR count). The Kier molecular flexibility index (Phi) is 5.08. The Morgan fingerprint density at radius 3 is 2.56 bits per heavy atom. The van der Waals surface area contributed by atoms with Gasteiger partial charge in [-0.25, -0.2) is 0 Å². The first kappa shape index (κ1) is 17.1. The molecule has 0 fully saturated rings. The fourth-order valence-electron chi connectivity index (χ4n) is 2.41. The number of carbonyl (C=O) groups is 1. The average molecular weight is 348 g/mol. The summed E-state index contributed by atoms with van der Waals surface area (Å²) >= 11 is 0. The van der Waals surface area contributed by atoms with Gasteiger partial charge in [-0.3, -0.25) is 4.79 Å². The van der Waals surface area contributed by atoms with Crippen molar-refractivity contribution in [1.29, 1.82) is 0 Å². The molecule has 1 amide bonds. The van der Waals surface area contributed by atoms with Gasteiger partial charge in [0.1, 0.15) is 29.9 Å². The second kappa shape index (κ2) is 7.43. The molecule has 0 bridgehead atoms. The summed E-state index contributed by atoms with van der Waals surface area (Å²) in [5, 5.41) is 11.9. The van der Waals surface area contributed by atoms with Crippen LogP contribution in [0.1, 0.15) is 5.56 Å². The fraction of sp³-hybridized carbons (Fsp3) is 0.312. The number of methoxy groups -OCH3 is 1. The summed E-state index contributed by atoms with van der Waals surface area (Å²) < 4.78 is 20.6. The molecule has 25 heavy (non-hydrogen) atoms. The average Bonchev–Trinajstić information content (AvgIpc) is 2.57. The van der Waals surface area contributed by atoms with E-state index in [0.29, 0.717) is 23.1 Å². The first-order chi connectivity index (χ1) is 12.1. The van der Waals surface area contributed by atoms with Crippen LogP contribution in [-0.4, -0.2) is 33.4 Å². The summed E-state index contributed by atoms with van der Waals surface area (Å²) in [6, 6.07) is 3.72. The first-order valence-corrected chi connectivity index (χ1v) is 7.56. The topological polar surface area (TPSA) is 102 Å². The van der Waals surface area contributed by atoms with Gasteiger partial charge in [-0.15, -0.1) is 0 Å². The molecule has 0 saturated heterocycles. The number of fused-ring (bicyclic) bond motifs is 1. The molecule has 2 aliphatic rings. The summed E-state index contributed by atoms with van der Waals surface area (Å²) in [5.41, 5.74) is 2.85. The van der Waals surface area contributed by atoms with Crippen LogP contribution in [0, 0.1) is 6.92 Å². The minimum absolute atomic E-state index is 0.0438. The van der Waals surface area contributed by atoms with E-state index < -0.39 is 0 Å². The third-order valence-corrected chi connectivity index (χ3v) is 3.52. The highest BCUT2D eigenvalue weighted by atomic mass is 16.8. The van der Waals surface area contributed by atoms with Crippen molar-refractivity contribution in [3.8, 4) is 5.75 Å². The zero-order valence-electron chi connectivity index (χ0n) is 14.0. The van der Waals surface area contributed by atoms with Crippen molar-refractivity contribution in [2.24, 2.45) is 0 Å². The van der Waals surface area contributed by atoms with Gasteiger partial charge < -0.3 is 40.2 Å². The molecule has 0 aromatic heterocycles. The number of aryl methyl sites for hydroxylation is 1. The van der Waals surface area contributed by atoms with E-state index in [1.165, 1.54) is 7.11 Å². The van der Waals surface area contributed by atoms with Crippen molar-refractivity contribution in [3.63, 3.8) is 0 Å². The third-order valence-electron chi connectivity index (χ3n) is 3.52. The van der Waals surface area contributed by atoms with Crippen LogP contribution in [0.15, 0.2) is 36.1 Å². The number of anilines is 2. The molecule has 9 nitrogen and oxygen atoms in total. The van der Waals surface area contributed by atoms with Crippen LogP contribution < -0.4 is 26.0 Å². The van der Waals surface area contributed by atoms with E-state index in [0.717, 1.165) is 16.9 Å². The van der Waals surface area contributed by atoms with Gasteiger partial charge in [0.25, 0.3) is 5.91 Å². The molecular weight excluding hydrogens is 328 g/mol.